The van der Waals surface area contributed by atoms with E-state index in [2.05, 4.69) is 47.6 Å². The molecule has 0 aliphatic heterocycles. The molecule has 4 aromatic rings. The van der Waals surface area contributed by atoms with E-state index in [0.717, 1.165) is 41.2 Å². The van der Waals surface area contributed by atoms with Crippen LogP contribution in [0.25, 0.3) is 5.57 Å². The summed E-state index contributed by atoms with van der Waals surface area (Å²) in [7, 11) is -8.95. The van der Waals surface area contributed by atoms with E-state index < -0.39 is 20.2 Å². The molecule has 4 aromatic carbocycles. The van der Waals surface area contributed by atoms with Crippen LogP contribution in [0.4, 0.5) is 5.69 Å². The molecule has 0 amide bonds. The Morgan fingerprint density at radius 2 is 1.40 bits per heavy atom. The van der Waals surface area contributed by atoms with Gasteiger partial charge in [-0.2, -0.15) is 16.8 Å². The first-order valence-corrected chi connectivity index (χ1v) is 20.2. The molecule has 0 saturated carbocycles. The predicted octanol–water partition coefficient (Wildman–Crippen LogP) is 8.41. The third kappa shape index (κ3) is 9.24. The number of nitrogens with zero attached hydrogens (tertiary/aromatic N) is 2. The Morgan fingerprint density at radius 1 is 0.750 bits per heavy atom. The van der Waals surface area contributed by atoms with Crippen molar-refractivity contribution in [1.82, 2.24) is 0 Å². The Bertz CT molecular complexity index is 2290. The van der Waals surface area contributed by atoms with Crippen molar-refractivity contribution in [3.05, 3.63) is 154 Å². The van der Waals surface area contributed by atoms with Crippen molar-refractivity contribution >= 4 is 37.2 Å². The largest absolute Gasteiger partial charge is 0.367 e. The summed E-state index contributed by atoms with van der Waals surface area (Å²) in [5.74, 6) is 0. The Labute approximate surface area is 308 Å². The van der Waals surface area contributed by atoms with Crippen molar-refractivity contribution < 1.29 is 30.5 Å². The monoisotopic (exact) mass is 739 g/mol. The molecule has 0 aromatic heterocycles. The zero-order valence-electron chi connectivity index (χ0n) is 30.5. The lowest BCUT2D eigenvalue weighted by Gasteiger charge is -2.25. The van der Waals surface area contributed by atoms with E-state index in [1.807, 2.05) is 82.3 Å². The van der Waals surface area contributed by atoms with Gasteiger partial charge < -0.3 is 4.90 Å². The van der Waals surface area contributed by atoms with E-state index in [0.29, 0.717) is 29.8 Å². The van der Waals surface area contributed by atoms with Crippen LogP contribution in [0.2, 0.25) is 0 Å². The molecule has 52 heavy (non-hydrogen) atoms. The van der Waals surface area contributed by atoms with Crippen LogP contribution in [0.1, 0.15) is 68.0 Å². The maximum Gasteiger partial charge on any atom is 0.295 e. The van der Waals surface area contributed by atoms with Gasteiger partial charge in [-0.3, -0.25) is 9.11 Å². The summed E-state index contributed by atoms with van der Waals surface area (Å²) in [6.07, 6.45) is 8.06. The Kier molecular flexibility index (Phi) is 11.6. The molecular formula is C42H47N2O6S2+. The smallest absolute Gasteiger partial charge is 0.295 e. The molecule has 272 valence electrons. The molecule has 8 nitrogen and oxygen atoms in total. The number of rotatable bonds is 11. The molecule has 0 spiro atoms. The fourth-order valence-electron chi connectivity index (χ4n) is 6.39. The number of allylic oxidation sites excluding steroid dienone is 5. The zero-order chi connectivity index (χ0) is 37.8. The number of anilines is 1. The van der Waals surface area contributed by atoms with Gasteiger partial charge in [0.1, 0.15) is 11.4 Å². The van der Waals surface area contributed by atoms with Crippen LogP contribution in [0.3, 0.4) is 0 Å². The third-order valence-electron chi connectivity index (χ3n) is 9.23. The Balaban J connectivity index is 1.61. The number of hydrogen-bond donors (Lipinski definition) is 2. The average molecular weight is 740 g/mol. The summed E-state index contributed by atoms with van der Waals surface area (Å²) in [6, 6.07) is 27.6. The summed E-state index contributed by atoms with van der Waals surface area (Å²) in [5.41, 5.74) is 8.02. The predicted molar refractivity (Wildman–Crippen MR) is 209 cm³/mol. The van der Waals surface area contributed by atoms with Crippen LogP contribution in [0.15, 0.2) is 131 Å². The van der Waals surface area contributed by atoms with Crippen LogP contribution >= 0.6 is 0 Å². The second kappa shape index (κ2) is 15.6. The summed E-state index contributed by atoms with van der Waals surface area (Å²) in [5, 5.41) is 0. The lowest BCUT2D eigenvalue weighted by Crippen LogP contribution is -2.22. The first kappa shape index (κ1) is 38.6. The maximum absolute atomic E-state index is 13.0. The van der Waals surface area contributed by atoms with Gasteiger partial charge >= 0.3 is 0 Å². The lowest BCUT2D eigenvalue weighted by atomic mass is 9.84. The Hall–Kier alpha value is -4.61. The van der Waals surface area contributed by atoms with Crippen LogP contribution in [-0.2, 0) is 38.7 Å². The SMILES string of the molecule is CCN(Cc1cccc(S(=O)(=O)O)c1)c1ccc(C(=C2C=CC(=[N+](CC)Cc3cccc(C)c3)C=C2)c2ccc(C(C)(C)C)cc2S(=O)(=O)O)cc1. The van der Waals surface area contributed by atoms with Crippen molar-refractivity contribution in [2.24, 2.45) is 0 Å². The Morgan fingerprint density at radius 3 is 1.98 bits per heavy atom. The van der Waals surface area contributed by atoms with Gasteiger partial charge in [0.25, 0.3) is 20.2 Å². The zero-order valence-corrected chi connectivity index (χ0v) is 32.2. The highest BCUT2D eigenvalue weighted by Gasteiger charge is 2.25. The van der Waals surface area contributed by atoms with Crippen molar-refractivity contribution in [1.29, 1.82) is 0 Å². The number of hydrogen-bond acceptors (Lipinski definition) is 5. The van der Waals surface area contributed by atoms with E-state index in [-0.39, 0.29) is 15.2 Å². The molecule has 0 bridgehead atoms. The molecule has 0 heterocycles. The molecule has 2 N–H and O–H groups in total. The minimum absolute atomic E-state index is 0.161. The second-order valence-corrected chi connectivity index (χ2v) is 16.9. The van der Waals surface area contributed by atoms with E-state index >= 15 is 0 Å². The second-order valence-electron chi connectivity index (χ2n) is 14.0. The molecule has 0 unspecified atom stereocenters. The highest BCUT2D eigenvalue weighted by molar-refractivity contribution is 7.86. The summed E-state index contributed by atoms with van der Waals surface area (Å²) in [6.45, 7) is 14.7. The van der Waals surface area contributed by atoms with Gasteiger partial charge in [0.15, 0.2) is 12.3 Å². The van der Waals surface area contributed by atoms with Crippen LogP contribution in [0, 0.1) is 6.92 Å². The lowest BCUT2D eigenvalue weighted by molar-refractivity contribution is -0.539. The van der Waals surface area contributed by atoms with E-state index in [1.54, 1.807) is 24.3 Å². The van der Waals surface area contributed by atoms with Gasteiger partial charge in [-0.1, -0.05) is 80.9 Å². The molecule has 10 heteroatoms. The molecular weight excluding hydrogens is 693 g/mol. The molecule has 0 fully saturated rings. The standard InChI is InChI=1S/C42H46N2O6S2/c1-7-43(28-31-12-9-11-30(3)25-31)36-20-15-33(16-21-36)41(39-24-19-35(42(4,5)6)27-40(39)52(48,49)50)34-17-22-37(23-18-34)44(8-2)29-32-13-10-14-38(26-32)51(45,46)47/h9-27H,7-8,28-29H2,1-6H3,(H-,45,46,47,48,49,50)/p+1. The number of benzene rings is 4. The minimum atomic E-state index is -4.61. The first-order chi connectivity index (χ1) is 24.5. The third-order valence-corrected chi connectivity index (χ3v) is 11.0. The summed E-state index contributed by atoms with van der Waals surface area (Å²) < 4.78 is 71.8. The minimum Gasteiger partial charge on any atom is -0.367 e. The van der Waals surface area contributed by atoms with Crippen molar-refractivity contribution in [2.75, 3.05) is 18.0 Å². The van der Waals surface area contributed by atoms with E-state index in [9.17, 15) is 25.9 Å². The molecule has 0 radical (unpaired) electrons. The van der Waals surface area contributed by atoms with Crippen LogP contribution in [0.5, 0.6) is 0 Å². The van der Waals surface area contributed by atoms with E-state index in [1.165, 1.54) is 23.3 Å². The van der Waals surface area contributed by atoms with Gasteiger partial charge in [-0.15, -0.1) is 0 Å². The van der Waals surface area contributed by atoms with Gasteiger partial charge in [0.2, 0.25) is 0 Å². The average Bonchev–Trinajstić information content (AvgIpc) is 3.09. The van der Waals surface area contributed by atoms with Gasteiger partial charge in [-0.25, -0.2) is 4.58 Å². The van der Waals surface area contributed by atoms with Crippen molar-refractivity contribution in [3.63, 3.8) is 0 Å². The van der Waals surface area contributed by atoms with Crippen LogP contribution < -0.4 is 4.90 Å². The van der Waals surface area contributed by atoms with Crippen molar-refractivity contribution in [3.8, 4) is 0 Å². The fraction of sp³-hybridized carbons (Fsp3) is 0.262. The van der Waals surface area contributed by atoms with Gasteiger partial charge in [0, 0.05) is 42.1 Å². The topological polar surface area (TPSA) is 115 Å². The highest BCUT2D eigenvalue weighted by atomic mass is 32.2. The first-order valence-electron chi connectivity index (χ1n) is 17.3. The van der Waals surface area contributed by atoms with Crippen LogP contribution in [-0.4, -0.2) is 49.3 Å². The van der Waals surface area contributed by atoms with Gasteiger partial charge in [0.05, 0.1) is 4.90 Å². The molecule has 5 rings (SSSR count). The molecule has 1 aliphatic carbocycles. The fourth-order valence-corrected chi connectivity index (χ4v) is 7.67. The van der Waals surface area contributed by atoms with E-state index in [4.69, 9.17) is 0 Å². The summed E-state index contributed by atoms with van der Waals surface area (Å²) >= 11 is 0. The molecule has 0 saturated heterocycles. The van der Waals surface area contributed by atoms with Crippen molar-refractivity contribution in [2.45, 2.75) is 69.8 Å². The highest BCUT2D eigenvalue weighted by Crippen LogP contribution is 2.37. The molecule has 0 atom stereocenters. The summed E-state index contributed by atoms with van der Waals surface area (Å²) in [4.78, 5) is 1.74. The molecule has 1 aliphatic rings. The van der Waals surface area contributed by atoms with Gasteiger partial charge in [-0.05, 0) is 103 Å². The number of aryl methyl sites for hydroxylation is 1. The maximum atomic E-state index is 13.0. The quantitative estimate of drug-likeness (QED) is 0.117. The normalized spacial score (nSPS) is 13.4.